The van der Waals surface area contributed by atoms with Crippen LogP contribution in [-0.2, 0) is 4.74 Å². The Labute approximate surface area is 121 Å². The third kappa shape index (κ3) is 4.47. The van der Waals surface area contributed by atoms with Crippen LogP contribution >= 0.6 is 0 Å². The Morgan fingerprint density at radius 2 is 2.15 bits per heavy atom. The summed E-state index contributed by atoms with van der Waals surface area (Å²) >= 11 is 0. The topological polar surface area (TPSA) is 47.7 Å². The van der Waals surface area contributed by atoms with Gasteiger partial charge in [0, 0.05) is 25.7 Å². The van der Waals surface area contributed by atoms with Gasteiger partial charge in [-0.3, -0.25) is 0 Å². The first-order valence-electron chi connectivity index (χ1n) is 7.35. The number of rotatable bonds is 6. The molecule has 1 aromatic rings. The summed E-state index contributed by atoms with van der Waals surface area (Å²) in [6.45, 7) is 3.74. The summed E-state index contributed by atoms with van der Waals surface area (Å²) < 4.78 is 10.7. The molecule has 4 heteroatoms. The van der Waals surface area contributed by atoms with Gasteiger partial charge >= 0.3 is 0 Å². The molecule has 4 nitrogen and oxygen atoms in total. The first-order valence-corrected chi connectivity index (χ1v) is 7.35. The second-order valence-electron chi connectivity index (χ2n) is 5.68. The molecule has 2 unspecified atom stereocenters. The van der Waals surface area contributed by atoms with Crippen LogP contribution in [0.3, 0.4) is 0 Å². The van der Waals surface area contributed by atoms with Gasteiger partial charge in [-0.1, -0.05) is 12.1 Å². The molecular weight excluding hydrogens is 252 g/mol. The normalized spacial score (nSPS) is 20.9. The highest BCUT2D eigenvalue weighted by Crippen LogP contribution is 2.18. The number of benzene rings is 1. The minimum absolute atomic E-state index is 0.0374. The fraction of sp³-hybridized carbons (Fsp3) is 0.625. The summed E-state index contributed by atoms with van der Waals surface area (Å²) in [5.41, 5.74) is 7.43. The lowest BCUT2D eigenvalue weighted by atomic mass is 10.0. The van der Waals surface area contributed by atoms with Crippen LogP contribution in [0, 0.1) is 5.92 Å². The SMILES string of the molecule is COc1ccc(C(N)CN(C)CC2CCCOC2)cc1. The lowest BCUT2D eigenvalue weighted by Crippen LogP contribution is -2.35. The molecule has 0 bridgehead atoms. The fourth-order valence-corrected chi connectivity index (χ4v) is 2.76. The molecule has 0 aliphatic carbocycles. The summed E-state index contributed by atoms with van der Waals surface area (Å²) in [6, 6.07) is 8.05. The van der Waals surface area contributed by atoms with Gasteiger partial charge in [0.15, 0.2) is 0 Å². The third-order valence-corrected chi connectivity index (χ3v) is 3.88. The predicted molar refractivity (Wildman–Crippen MR) is 81.0 cm³/mol. The Morgan fingerprint density at radius 1 is 1.40 bits per heavy atom. The number of ether oxygens (including phenoxy) is 2. The van der Waals surface area contributed by atoms with Crippen LogP contribution in [0.1, 0.15) is 24.4 Å². The largest absolute Gasteiger partial charge is 0.497 e. The van der Waals surface area contributed by atoms with Gasteiger partial charge in [-0.05, 0) is 43.5 Å². The molecule has 20 heavy (non-hydrogen) atoms. The Bertz CT molecular complexity index is 388. The molecule has 1 saturated heterocycles. The molecule has 0 radical (unpaired) electrons. The zero-order valence-electron chi connectivity index (χ0n) is 12.5. The smallest absolute Gasteiger partial charge is 0.118 e. The molecule has 0 aromatic heterocycles. The molecule has 1 aliphatic heterocycles. The van der Waals surface area contributed by atoms with Crippen LogP contribution < -0.4 is 10.5 Å². The summed E-state index contributed by atoms with van der Waals surface area (Å²) in [5, 5.41) is 0. The van der Waals surface area contributed by atoms with Gasteiger partial charge in [-0.15, -0.1) is 0 Å². The van der Waals surface area contributed by atoms with Crippen molar-refractivity contribution in [3.05, 3.63) is 29.8 Å². The van der Waals surface area contributed by atoms with E-state index in [1.807, 2.05) is 24.3 Å². The zero-order chi connectivity index (χ0) is 14.4. The quantitative estimate of drug-likeness (QED) is 0.865. The van der Waals surface area contributed by atoms with Crippen LogP contribution in [0.25, 0.3) is 0 Å². The van der Waals surface area contributed by atoms with Crippen molar-refractivity contribution in [1.82, 2.24) is 4.90 Å². The molecule has 0 amide bonds. The maximum Gasteiger partial charge on any atom is 0.118 e. The second-order valence-corrected chi connectivity index (χ2v) is 5.68. The number of methoxy groups -OCH3 is 1. The number of hydrogen-bond donors (Lipinski definition) is 1. The van der Waals surface area contributed by atoms with Crippen LogP contribution in [0.4, 0.5) is 0 Å². The van der Waals surface area contributed by atoms with E-state index < -0.39 is 0 Å². The Hall–Kier alpha value is -1.10. The first-order chi connectivity index (χ1) is 9.69. The molecule has 2 N–H and O–H groups in total. The van der Waals surface area contributed by atoms with Crippen molar-refractivity contribution in [3.8, 4) is 5.75 Å². The average Bonchev–Trinajstić information content (AvgIpc) is 2.48. The predicted octanol–water partition coefficient (Wildman–Crippen LogP) is 2.05. The van der Waals surface area contributed by atoms with E-state index in [4.69, 9.17) is 15.2 Å². The minimum Gasteiger partial charge on any atom is -0.497 e. The molecule has 2 atom stereocenters. The lowest BCUT2D eigenvalue weighted by molar-refractivity contribution is 0.0414. The monoisotopic (exact) mass is 278 g/mol. The van der Waals surface area contributed by atoms with E-state index in [9.17, 15) is 0 Å². The summed E-state index contributed by atoms with van der Waals surface area (Å²) in [5.74, 6) is 1.52. The van der Waals surface area contributed by atoms with E-state index in [0.29, 0.717) is 5.92 Å². The molecule has 1 heterocycles. The highest BCUT2D eigenvalue weighted by Gasteiger charge is 2.17. The van der Waals surface area contributed by atoms with E-state index >= 15 is 0 Å². The summed E-state index contributed by atoms with van der Waals surface area (Å²) in [7, 11) is 3.81. The first kappa shape index (κ1) is 15.3. The van der Waals surface area contributed by atoms with Gasteiger partial charge in [-0.25, -0.2) is 0 Å². The number of nitrogens with zero attached hydrogens (tertiary/aromatic N) is 1. The highest BCUT2D eigenvalue weighted by molar-refractivity contribution is 5.29. The van der Waals surface area contributed by atoms with Crippen LogP contribution in [0.5, 0.6) is 5.75 Å². The van der Waals surface area contributed by atoms with Gasteiger partial charge in [0.1, 0.15) is 5.75 Å². The Morgan fingerprint density at radius 3 is 2.75 bits per heavy atom. The standard InChI is InChI=1S/C16H26N2O2/c1-18(10-13-4-3-9-20-12-13)11-16(17)14-5-7-15(19-2)8-6-14/h5-8,13,16H,3-4,9-12,17H2,1-2H3. The molecule has 1 fully saturated rings. The number of hydrogen-bond acceptors (Lipinski definition) is 4. The van der Waals surface area contributed by atoms with Crippen LogP contribution in [0.2, 0.25) is 0 Å². The zero-order valence-corrected chi connectivity index (χ0v) is 12.5. The highest BCUT2D eigenvalue weighted by atomic mass is 16.5. The maximum absolute atomic E-state index is 6.28. The van der Waals surface area contributed by atoms with Gasteiger partial charge < -0.3 is 20.1 Å². The summed E-state index contributed by atoms with van der Waals surface area (Å²) in [4.78, 5) is 2.31. The molecule has 112 valence electrons. The van der Waals surface area contributed by atoms with Crippen molar-refractivity contribution in [2.75, 3.05) is 40.5 Å². The molecule has 2 rings (SSSR count). The minimum atomic E-state index is 0.0374. The van der Waals surface area contributed by atoms with E-state index in [0.717, 1.165) is 37.6 Å². The van der Waals surface area contributed by atoms with Crippen molar-refractivity contribution >= 4 is 0 Å². The number of nitrogens with two attached hydrogens (primary N) is 1. The molecule has 0 saturated carbocycles. The summed E-state index contributed by atoms with van der Waals surface area (Å²) in [6.07, 6.45) is 2.45. The average molecular weight is 278 g/mol. The third-order valence-electron chi connectivity index (χ3n) is 3.88. The maximum atomic E-state index is 6.28. The molecule has 0 spiro atoms. The van der Waals surface area contributed by atoms with Crippen LogP contribution in [-0.4, -0.2) is 45.4 Å². The van der Waals surface area contributed by atoms with Gasteiger partial charge in [0.25, 0.3) is 0 Å². The molecule has 1 aliphatic rings. The van der Waals surface area contributed by atoms with Crippen molar-refractivity contribution in [3.63, 3.8) is 0 Å². The van der Waals surface area contributed by atoms with Crippen molar-refractivity contribution in [2.24, 2.45) is 11.7 Å². The number of likely N-dealkylation sites (N-methyl/N-ethyl adjacent to an activating group) is 1. The Balaban J connectivity index is 1.81. The van der Waals surface area contributed by atoms with Gasteiger partial charge in [0.05, 0.1) is 13.7 Å². The Kier molecular flexibility index (Phi) is 5.83. The van der Waals surface area contributed by atoms with Crippen LogP contribution in [0.15, 0.2) is 24.3 Å². The van der Waals surface area contributed by atoms with E-state index in [-0.39, 0.29) is 6.04 Å². The van der Waals surface area contributed by atoms with Crippen molar-refractivity contribution < 1.29 is 9.47 Å². The van der Waals surface area contributed by atoms with E-state index in [1.54, 1.807) is 7.11 Å². The van der Waals surface area contributed by atoms with Crippen molar-refractivity contribution in [1.29, 1.82) is 0 Å². The van der Waals surface area contributed by atoms with Gasteiger partial charge in [0.2, 0.25) is 0 Å². The van der Waals surface area contributed by atoms with Gasteiger partial charge in [-0.2, -0.15) is 0 Å². The molecular formula is C16H26N2O2. The van der Waals surface area contributed by atoms with E-state index in [1.165, 1.54) is 12.8 Å². The van der Waals surface area contributed by atoms with E-state index in [2.05, 4.69) is 11.9 Å². The van der Waals surface area contributed by atoms with Crippen molar-refractivity contribution in [2.45, 2.75) is 18.9 Å². The lowest BCUT2D eigenvalue weighted by Gasteiger charge is -2.28. The molecule has 1 aromatic carbocycles. The fourth-order valence-electron chi connectivity index (χ4n) is 2.76. The second kappa shape index (κ2) is 7.62.